The Morgan fingerprint density at radius 2 is 1.52 bits per heavy atom. The second-order valence-corrected chi connectivity index (χ2v) is 6.69. The van der Waals surface area contributed by atoms with Gasteiger partial charge in [-0.25, -0.2) is 5.43 Å². The molecule has 1 N–H and O–H groups in total. The highest BCUT2D eigenvalue weighted by Crippen LogP contribution is 2.26. The highest BCUT2D eigenvalue weighted by Gasteiger charge is 2.18. The largest absolute Gasteiger partial charge is 0.281 e. The first kappa shape index (κ1) is 18.5. The molecule has 27 heavy (non-hydrogen) atoms. The van der Waals surface area contributed by atoms with E-state index in [4.69, 9.17) is 0 Å². The SMILES string of the molecule is O=C(CCC(=O)N(c1ccccc1)c1ccccc1)N/N=C\c1cccs1. The topological polar surface area (TPSA) is 61.8 Å². The van der Waals surface area contributed by atoms with Crippen LogP contribution in [0.4, 0.5) is 11.4 Å². The van der Waals surface area contributed by atoms with E-state index in [-0.39, 0.29) is 24.7 Å². The van der Waals surface area contributed by atoms with Gasteiger partial charge in [0.25, 0.3) is 0 Å². The summed E-state index contributed by atoms with van der Waals surface area (Å²) in [6.07, 6.45) is 1.74. The van der Waals surface area contributed by atoms with Gasteiger partial charge < -0.3 is 0 Å². The van der Waals surface area contributed by atoms with E-state index in [0.717, 1.165) is 16.3 Å². The zero-order chi connectivity index (χ0) is 18.9. The van der Waals surface area contributed by atoms with Crippen LogP contribution in [0.1, 0.15) is 17.7 Å². The molecule has 136 valence electrons. The number of carbonyl (C=O) groups excluding carboxylic acids is 2. The lowest BCUT2D eigenvalue weighted by Gasteiger charge is -2.23. The molecule has 1 heterocycles. The second kappa shape index (κ2) is 9.45. The summed E-state index contributed by atoms with van der Waals surface area (Å²) in [5.74, 6) is -0.443. The molecule has 3 aromatic rings. The van der Waals surface area contributed by atoms with Crippen LogP contribution in [0.5, 0.6) is 0 Å². The molecule has 0 radical (unpaired) electrons. The van der Waals surface area contributed by atoms with Crippen LogP contribution in [-0.2, 0) is 9.59 Å². The number of hydrazone groups is 1. The molecule has 0 aliphatic heterocycles. The monoisotopic (exact) mass is 377 g/mol. The lowest BCUT2D eigenvalue weighted by molar-refractivity contribution is -0.124. The first-order valence-corrected chi connectivity index (χ1v) is 9.40. The first-order chi connectivity index (χ1) is 13.2. The molecule has 6 heteroatoms. The number of thiophene rings is 1. The third-order valence-corrected chi connectivity index (χ3v) is 4.58. The normalized spacial score (nSPS) is 10.7. The third-order valence-electron chi connectivity index (χ3n) is 3.77. The van der Waals surface area contributed by atoms with Gasteiger partial charge in [0.15, 0.2) is 0 Å². The number of nitrogens with one attached hydrogen (secondary N) is 1. The average Bonchev–Trinajstić information content (AvgIpc) is 3.22. The zero-order valence-corrected chi connectivity index (χ0v) is 15.4. The number of rotatable bonds is 7. The van der Waals surface area contributed by atoms with Crippen molar-refractivity contribution in [2.75, 3.05) is 4.90 Å². The molecule has 0 saturated carbocycles. The molecule has 3 rings (SSSR count). The van der Waals surface area contributed by atoms with Crippen LogP contribution in [0.2, 0.25) is 0 Å². The molecule has 2 aromatic carbocycles. The van der Waals surface area contributed by atoms with E-state index in [1.165, 1.54) is 11.3 Å². The fourth-order valence-corrected chi connectivity index (χ4v) is 3.10. The Bertz CT molecular complexity index is 854. The smallest absolute Gasteiger partial charge is 0.240 e. The average molecular weight is 377 g/mol. The number of nitrogens with zero attached hydrogens (tertiary/aromatic N) is 2. The van der Waals surface area contributed by atoms with Crippen LogP contribution >= 0.6 is 11.3 Å². The minimum absolute atomic E-state index is 0.0663. The maximum atomic E-state index is 12.8. The maximum Gasteiger partial charge on any atom is 0.240 e. The number of anilines is 2. The van der Waals surface area contributed by atoms with Crippen molar-refractivity contribution in [2.24, 2.45) is 5.10 Å². The summed E-state index contributed by atoms with van der Waals surface area (Å²) in [5, 5.41) is 5.85. The Hall–Kier alpha value is -3.25. The molecule has 0 spiro atoms. The van der Waals surface area contributed by atoms with Crippen LogP contribution in [0.25, 0.3) is 0 Å². The van der Waals surface area contributed by atoms with Crippen molar-refractivity contribution in [3.8, 4) is 0 Å². The van der Waals surface area contributed by atoms with Gasteiger partial charge in [-0.2, -0.15) is 5.10 Å². The lowest BCUT2D eigenvalue weighted by Crippen LogP contribution is -2.27. The number of carbonyl (C=O) groups is 2. The predicted molar refractivity (Wildman–Crippen MR) is 109 cm³/mol. The first-order valence-electron chi connectivity index (χ1n) is 8.52. The van der Waals surface area contributed by atoms with E-state index in [0.29, 0.717) is 0 Å². The lowest BCUT2D eigenvalue weighted by atomic mass is 10.2. The molecule has 0 fully saturated rings. The summed E-state index contributed by atoms with van der Waals surface area (Å²) in [6, 6.07) is 22.6. The van der Waals surface area contributed by atoms with Crippen molar-refractivity contribution in [1.29, 1.82) is 0 Å². The van der Waals surface area contributed by atoms with E-state index in [9.17, 15) is 9.59 Å². The van der Waals surface area contributed by atoms with Crippen LogP contribution in [0.3, 0.4) is 0 Å². The number of hydrogen-bond donors (Lipinski definition) is 1. The Labute approximate surface area is 162 Å². The zero-order valence-electron chi connectivity index (χ0n) is 14.6. The fourth-order valence-electron chi connectivity index (χ4n) is 2.51. The van der Waals surface area contributed by atoms with Gasteiger partial charge in [-0.1, -0.05) is 42.5 Å². The van der Waals surface area contributed by atoms with Gasteiger partial charge in [-0.05, 0) is 35.7 Å². The van der Waals surface area contributed by atoms with Crippen molar-refractivity contribution >= 4 is 40.7 Å². The van der Waals surface area contributed by atoms with Crippen LogP contribution in [0.15, 0.2) is 83.3 Å². The fraction of sp³-hybridized carbons (Fsp3) is 0.0952. The van der Waals surface area contributed by atoms with E-state index >= 15 is 0 Å². The van der Waals surface area contributed by atoms with Crippen molar-refractivity contribution < 1.29 is 9.59 Å². The van der Waals surface area contributed by atoms with E-state index in [2.05, 4.69) is 10.5 Å². The molecule has 0 aliphatic carbocycles. The van der Waals surface area contributed by atoms with Gasteiger partial charge in [-0.15, -0.1) is 11.3 Å². The Kier molecular flexibility index (Phi) is 6.49. The molecule has 2 amide bonds. The Morgan fingerprint density at radius 3 is 2.07 bits per heavy atom. The quantitative estimate of drug-likeness (QED) is 0.492. The molecule has 0 atom stereocenters. The van der Waals surface area contributed by atoms with Gasteiger partial charge >= 0.3 is 0 Å². The summed E-state index contributed by atoms with van der Waals surface area (Å²) < 4.78 is 0. The number of benzene rings is 2. The van der Waals surface area contributed by atoms with Gasteiger partial charge in [0.2, 0.25) is 11.8 Å². The van der Waals surface area contributed by atoms with Gasteiger partial charge in [0, 0.05) is 29.1 Å². The minimum Gasteiger partial charge on any atom is -0.281 e. The molecule has 0 aliphatic rings. The number of amides is 2. The number of hydrogen-bond acceptors (Lipinski definition) is 4. The standard InChI is InChI=1S/C21H19N3O2S/c25-20(23-22-16-19-12-7-15-27-19)13-14-21(26)24(17-8-3-1-4-9-17)18-10-5-2-6-11-18/h1-12,15-16H,13-14H2,(H,23,25)/b22-16-. The van der Waals surface area contributed by atoms with Crippen molar-refractivity contribution in [1.82, 2.24) is 5.43 Å². The number of para-hydroxylation sites is 2. The molecule has 0 bridgehead atoms. The summed E-state index contributed by atoms with van der Waals surface area (Å²) >= 11 is 1.53. The van der Waals surface area contributed by atoms with Crippen LogP contribution < -0.4 is 10.3 Å². The predicted octanol–water partition coefficient (Wildman–Crippen LogP) is 4.34. The van der Waals surface area contributed by atoms with Crippen molar-refractivity contribution in [3.05, 3.63) is 83.1 Å². The Balaban J connectivity index is 1.62. The van der Waals surface area contributed by atoms with Crippen LogP contribution in [-0.4, -0.2) is 18.0 Å². The third kappa shape index (κ3) is 5.36. The summed E-state index contributed by atoms with van der Waals surface area (Å²) in [4.78, 5) is 27.4. The van der Waals surface area contributed by atoms with Gasteiger partial charge in [0.05, 0.1) is 6.21 Å². The van der Waals surface area contributed by atoms with Crippen LogP contribution in [0, 0.1) is 0 Å². The van der Waals surface area contributed by atoms with Gasteiger partial charge in [-0.3, -0.25) is 14.5 Å². The Morgan fingerprint density at radius 1 is 0.889 bits per heavy atom. The highest BCUT2D eigenvalue weighted by atomic mass is 32.1. The second-order valence-electron chi connectivity index (χ2n) is 5.71. The molecular formula is C21H19N3O2S. The summed E-state index contributed by atoms with van der Waals surface area (Å²) in [7, 11) is 0. The van der Waals surface area contributed by atoms with Gasteiger partial charge in [0.1, 0.15) is 0 Å². The van der Waals surface area contributed by atoms with Crippen molar-refractivity contribution in [3.63, 3.8) is 0 Å². The summed E-state index contributed by atoms with van der Waals surface area (Å²) in [6.45, 7) is 0. The molecule has 0 saturated heterocycles. The molecule has 1 aromatic heterocycles. The minimum atomic E-state index is -0.294. The van der Waals surface area contributed by atoms with E-state index < -0.39 is 0 Å². The maximum absolute atomic E-state index is 12.8. The molecule has 5 nitrogen and oxygen atoms in total. The van der Waals surface area contributed by atoms with Crippen molar-refractivity contribution in [2.45, 2.75) is 12.8 Å². The molecule has 0 unspecified atom stereocenters. The van der Waals surface area contributed by atoms with E-state index in [1.54, 1.807) is 11.1 Å². The summed E-state index contributed by atoms with van der Waals surface area (Å²) in [5.41, 5.74) is 4.00. The highest BCUT2D eigenvalue weighted by molar-refractivity contribution is 7.11. The van der Waals surface area contributed by atoms with E-state index in [1.807, 2.05) is 78.2 Å². The molecular weight excluding hydrogens is 358 g/mol.